The summed E-state index contributed by atoms with van der Waals surface area (Å²) in [5, 5.41) is 0.987. The van der Waals surface area contributed by atoms with E-state index < -0.39 is 0 Å². The SMILES string of the molecule is Cc1nsc(N2CCN(C(=O)C3CC3)CC2)n1. The van der Waals surface area contributed by atoms with Crippen LogP contribution in [-0.4, -0.2) is 46.3 Å². The molecule has 0 aromatic carbocycles. The highest BCUT2D eigenvalue weighted by molar-refractivity contribution is 7.09. The molecule has 2 aliphatic rings. The molecule has 2 fully saturated rings. The molecule has 1 aromatic heterocycles. The summed E-state index contributed by atoms with van der Waals surface area (Å²) >= 11 is 1.45. The highest BCUT2D eigenvalue weighted by Gasteiger charge is 2.34. The van der Waals surface area contributed by atoms with Crippen LogP contribution in [-0.2, 0) is 4.79 Å². The number of amides is 1. The van der Waals surface area contributed by atoms with Gasteiger partial charge in [-0.05, 0) is 19.8 Å². The van der Waals surface area contributed by atoms with Gasteiger partial charge in [-0.3, -0.25) is 4.79 Å². The van der Waals surface area contributed by atoms with Gasteiger partial charge in [0.05, 0.1) is 0 Å². The zero-order valence-electron chi connectivity index (χ0n) is 9.93. The predicted octanol–water partition coefficient (Wildman–Crippen LogP) is 0.905. The second kappa shape index (κ2) is 4.25. The zero-order chi connectivity index (χ0) is 11.8. The third kappa shape index (κ3) is 2.26. The lowest BCUT2D eigenvalue weighted by Crippen LogP contribution is -2.49. The molecular formula is C11H16N4OS. The van der Waals surface area contributed by atoms with E-state index in [-0.39, 0.29) is 0 Å². The Bertz CT molecular complexity index is 421. The van der Waals surface area contributed by atoms with Gasteiger partial charge < -0.3 is 9.80 Å². The third-order valence-electron chi connectivity index (χ3n) is 3.31. The third-order valence-corrected chi connectivity index (χ3v) is 4.17. The van der Waals surface area contributed by atoms with Gasteiger partial charge in [-0.2, -0.15) is 4.37 Å². The van der Waals surface area contributed by atoms with Crippen LogP contribution in [0.1, 0.15) is 18.7 Å². The van der Waals surface area contributed by atoms with E-state index in [0.717, 1.165) is 50.0 Å². The molecule has 3 rings (SSSR count). The van der Waals surface area contributed by atoms with Crippen molar-refractivity contribution >= 4 is 22.6 Å². The Balaban J connectivity index is 1.58. The maximum atomic E-state index is 11.9. The van der Waals surface area contributed by atoms with Crippen molar-refractivity contribution in [1.82, 2.24) is 14.3 Å². The summed E-state index contributed by atoms with van der Waals surface area (Å²) in [6.07, 6.45) is 2.18. The molecule has 6 heteroatoms. The van der Waals surface area contributed by atoms with Crippen LogP contribution in [0.3, 0.4) is 0 Å². The molecule has 1 saturated heterocycles. The van der Waals surface area contributed by atoms with Crippen molar-refractivity contribution in [3.8, 4) is 0 Å². The number of aryl methyl sites for hydroxylation is 1. The Hall–Kier alpha value is -1.17. The van der Waals surface area contributed by atoms with Crippen LogP contribution >= 0.6 is 11.5 Å². The number of piperazine rings is 1. The van der Waals surface area contributed by atoms with Gasteiger partial charge in [0, 0.05) is 43.6 Å². The molecule has 0 atom stereocenters. The Labute approximate surface area is 105 Å². The largest absolute Gasteiger partial charge is 0.343 e. The molecule has 0 spiro atoms. The zero-order valence-corrected chi connectivity index (χ0v) is 10.7. The van der Waals surface area contributed by atoms with Crippen molar-refractivity contribution in [1.29, 1.82) is 0 Å². The summed E-state index contributed by atoms with van der Waals surface area (Å²) in [5.41, 5.74) is 0. The van der Waals surface area contributed by atoms with Crippen molar-refractivity contribution < 1.29 is 4.79 Å². The Morgan fingerprint density at radius 2 is 2.00 bits per heavy atom. The predicted molar refractivity (Wildman–Crippen MR) is 66.2 cm³/mol. The second-order valence-corrected chi connectivity index (χ2v) is 5.44. The number of hydrogen-bond acceptors (Lipinski definition) is 5. The Morgan fingerprint density at radius 1 is 1.29 bits per heavy atom. The molecule has 1 saturated carbocycles. The molecular weight excluding hydrogens is 236 g/mol. The molecule has 2 heterocycles. The quantitative estimate of drug-likeness (QED) is 0.785. The van der Waals surface area contributed by atoms with Crippen LogP contribution in [0.2, 0.25) is 0 Å². The fourth-order valence-corrected chi connectivity index (χ4v) is 2.85. The number of aromatic nitrogens is 2. The van der Waals surface area contributed by atoms with Crippen LogP contribution in [0.25, 0.3) is 0 Å². The molecule has 17 heavy (non-hydrogen) atoms. The molecule has 0 N–H and O–H groups in total. The Morgan fingerprint density at radius 3 is 2.53 bits per heavy atom. The lowest BCUT2D eigenvalue weighted by atomic mass is 10.3. The van der Waals surface area contributed by atoms with Crippen molar-refractivity contribution in [2.45, 2.75) is 19.8 Å². The minimum absolute atomic E-state index is 0.338. The smallest absolute Gasteiger partial charge is 0.225 e. The monoisotopic (exact) mass is 252 g/mol. The molecule has 0 unspecified atom stereocenters. The summed E-state index contributed by atoms with van der Waals surface area (Å²) in [6.45, 7) is 5.33. The summed E-state index contributed by atoms with van der Waals surface area (Å²) in [5.74, 6) is 1.53. The molecule has 0 radical (unpaired) electrons. The minimum Gasteiger partial charge on any atom is -0.343 e. The highest BCUT2D eigenvalue weighted by atomic mass is 32.1. The van der Waals surface area contributed by atoms with Crippen LogP contribution < -0.4 is 4.90 Å². The van der Waals surface area contributed by atoms with Crippen LogP contribution in [0, 0.1) is 12.8 Å². The van der Waals surface area contributed by atoms with E-state index in [1.807, 2.05) is 11.8 Å². The Kier molecular flexibility index (Phi) is 2.74. The molecule has 1 aliphatic carbocycles. The first-order valence-corrected chi connectivity index (χ1v) is 6.85. The van der Waals surface area contributed by atoms with E-state index in [0.29, 0.717) is 11.8 Å². The molecule has 1 amide bonds. The van der Waals surface area contributed by atoms with E-state index in [2.05, 4.69) is 14.3 Å². The number of nitrogens with zero attached hydrogens (tertiary/aromatic N) is 4. The lowest BCUT2D eigenvalue weighted by molar-refractivity contribution is -0.132. The molecule has 1 aromatic rings. The van der Waals surface area contributed by atoms with E-state index in [1.54, 1.807) is 0 Å². The first-order valence-electron chi connectivity index (χ1n) is 6.08. The number of anilines is 1. The van der Waals surface area contributed by atoms with Gasteiger partial charge in [-0.15, -0.1) is 0 Å². The van der Waals surface area contributed by atoms with Gasteiger partial charge in [0.1, 0.15) is 5.82 Å². The summed E-state index contributed by atoms with van der Waals surface area (Å²) < 4.78 is 4.19. The standard InChI is InChI=1S/C11H16N4OS/c1-8-12-11(17-13-8)15-6-4-14(5-7-15)10(16)9-2-3-9/h9H,2-7H2,1H3. The fraction of sp³-hybridized carbons (Fsp3) is 0.727. The van der Waals surface area contributed by atoms with E-state index in [1.165, 1.54) is 11.5 Å². The van der Waals surface area contributed by atoms with Gasteiger partial charge >= 0.3 is 0 Å². The van der Waals surface area contributed by atoms with Gasteiger partial charge in [0.25, 0.3) is 0 Å². The summed E-state index contributed by atoms with van der Waals surface area (Å²) in [4.78, 5) is 20.5. The van der Waals surface area contributed by atoms with Crippen molar-refractivity contribution in [3.63, 3.8) is 0 Å². The van der Waals surface area contributed by atoms with Crippen molar-refractivity contribution in [2.24, 2.45) is 5.92 Å². The van der Waals surface area contributed by atoms with Crippen LogP contribution in [0.5, 0.6) is 0 Å². The first-order chi connectivity index (χ1) is 8.24. The van der Waals surface area contributed by atoms with Gasteiger partial charge in [-0.25, -0.2) is 4.98 Å². The first kappa shape index (κ1) is 11.0. The topological polar surface area (TPSA) is 49.3 Å². The number of hydrogen-bond donors (Lipinski definition) is 0. The average Bonchev–Trinajstić information content (AvgIpc) is 3.11. The molecule has 92 valence electrons. The molecule has 5 nitrogen and oxygen atoms in total. The fourth-order valence-electron chi connectivity index (χ4n) is 2.12. The summed E-state index contributed by atoms with van der Waals surface area (Å²) in [7, 11) is 0. The minimum atomic E-state index is 0.338. The lowest BCUT2D eigenvalue weighted by Gasteiger charge is -2.34. The molecule has 0 bridgehead atoms. The maximum absolute atomic E-state index is 11.9. The maximum Gasteiger partial charge on any atom is 0.225 e. The van der Waals surface area contributed by atoms with Gasteiger partial charge in [0.2, 0.25) is 11.0 Å². The number of carbonyl (C=O) groups is 1. The molecule has 1 aliphatic heterocycles. The normalized spacial score (nSPS) is 20.8. The van der Waals surface area contributed by atoms with Crippen LogP contribution in [0.15, 0.2) is 0 Å². The van der Waals surface area contributed by atoms with E-state index in [4.69, 9.17) is 0 Å². The average molecular weight is 252 g/mol. The van der Waals surface area contributed by atoms with Crippen molar-refractivity contribution in [2.75, 3.05) is 31.1 Å². The van der Waals surface area contributed by atoms with E-state index >= 15 is 0 Å². The van der Waals surface area contributed by atoms with Crippen molar-refractivity contribution in [3.05, 3.63) is 5.82 Å². The van der Waals surface area contributed by atoms with Crippen LogP contribution in [0.4, 0.5) is 5.13 Å². The number of carbonyl (C=O) groups excluding carboxylic acids is 1. The second-order valence-electron chi connectivity index (χ2n) is 4.71. The highest BCUT2D eigenvalue weighted by Crippen LogP contribution is 2.31. The summed E-state index contributed by atoms with van der Waals surface area (Å²) in [6, 6.07) is 0. The van der Waals surface area contributed by atoms with E-state index in [9.17, 15) is 4.79 Å². The van der Waals surface area contributed by atoms with Gasteiger partial charge in [0.15, 0.2) is 0 Å². The number of rotatable bonds is 2. The van der Waals surface area contributed by atoms with Gasteiger partial charge in [-0.1, -0.05) is 0 Å².